The molecular weight excluding hydrogens is 1050 g/mol. The molecule has 0 saturated heterocycles. The van der Waals surface area contributed by atoms with Gasteiger partial charge < -0.3 is 14.4 Å². The van der Waals surface area contributed by atoms with Gasteiger partial charge in [-0.2, -0.15) is 0 Å². The molecule has 2 aliphatic rings. The summed E-state index contributed by atoms with van der Waals surface area (Å²) in [6.45, 7) is 28.7. The maximum atomic E-state index is 12.8. The summed E-state index contributed by atoms with van der Waals surface area (Å²) < 4.78 is 62.3. The van der Waals surface area contributed by atoms with E-state index < -0.39 is 18.6 Å². The first-order valence-corrected chi connectivity index (χ1v) is 24.8. The molecule has 3 nitrogen and oxygen atoms in total. The molecule has 0 unspecified atom stereocenters. The zero-order valence-electron chi connectivity index (χ0n) is 48.8. The molecule has 9 aromatic rings. The minimum absolute atomic E-state index is 0. The molecule has 5 heteroatoms. The summed E-state index contributed by atoms with van der Waals surface area (Å²) in [5, 5.41) is 6.43. The number of rotatable bonds is 4. The summed E-state index contributed by atoms with van der Waals surface area (Å²) in [6, 6.07) is 38.4. The minimum atomic E-state index is -2.53. The van der Waals surface area contributed by atoms with E-state index in [0.29, 0.717) is 16.8 Å². The van der Waals surface area contributed by atoms with Crippen LogP contribution in [0.25, 0.3) is 77.1 Å². The number of aryl methyl sites for hydroxylation is 1. The molecule has 0 aliphatic heterocycles. The van der Waals surface area contributed by atoms with Gasteiger partial charge in [0, 0.05) is 50.6 Å². The third-order valence-corrected chi connectivity index (χ3v) is 14.9. The molecular formula is C66H69FIrN2O-2. The fourth-order valence-corrected chi connectivity index (χ4v) is 12.3. The van der Waals surface area contributed by atoms with Crippen LogP contribution in [0.4, 0.5) is 4.39 Å². The fourth-order valence-electron chi connectivity index (χ4n) is 12.3. The van der Waals surface area contributed by atoms with Crippen molar-refractivity contribution in [1.29, 1.82) is 0 Å². The first kappa shape index (κ1) is 44.2. The average molecular weight is 1120 g/mol. The van der Waals surface area contributed by atoms with Crippen molar-refractivity contribution >= 4 is 43.5 Å². The molecule has 0 amide bonds. The number of fused-ring (bicyclic) bond motifs is 8. The Hall–Kier alpha value is -5.48. The van der Waals surface area contributed by atoms with Crippen LogP contribution in [0.3, 0.4) is 0 Å². The monoisotopic (exact) mass is 1120 g/mol. The van der Waals surface area contributed by atoms with Crippen molar-refractivity contribution in [1.82, 2.24) is 9.97 Å². The number of nitrogens with zero attached hydrogens (tertiary/aromatic N) is 2. The van der Waals surface area contributed by atoms with Gasteiger partial charge in [-0.1, -0.05) is 162 Å². The van der Waals surface area contributed by atoms with Gasteiger partial charge in [0.2, 0.25) is 0 Å². The second-order valence-corrected chi connectivity index (χ2v) is 24.8. The summed E-state index contributed by atoms with van der Waals surface area (Å²) in [5.74, 6) is -0.278. The van der Waals surface area contributed by atoms with Crippen molar-refractivity contribution in [2.24, 2.45) is 5.41 Å². The van der Waals surface area contributed by atoms with E-state index in [4.69, 9.17) is 11.3 Å². The summed E-state index contributed by atoms with van der Waals surface area (Å²) in [5.41, 5.74) is 13.2. The topological polar surface area (TPSA) is 38.9 Å². The van der Waals surface area contributed by atoms with E-state index in [1.807, 2.05) is 24.4 Å². The Kier molecular flexibility index (Phi) is 10.8. The van der Waals surface area contributed by atoms with Gasteiger partial charge in [-0.05, 0) is 154 Å². The van der Waals surface area contributed by atoms with Crippen LogP contribution in [0.5, 0.6) is 0 Å². The SMILES string of the molecule is CC(C)(C)c1ccc(-c2[c-]cc(F)cc2)nc1.[2H]C([2H])([2H])c1cnc(-c2[c-]ccc3c2oc2cc4c(ccc5ccc(-c6c7c(cc8c6C(C)(C)CC8(C)C)C(C)(C)CC7(C)C)cc54)cc23)cc1C([2H])([2H])C(C)(C)C.[Ir]. The smallest absolute Gasteiger partial charge is 0.121 e. The van der Waals surface area contributed by atoms with Crippen LogP contribution < -0.4 is 0 Å². The van der Waals surface area contributed by atoms with Crippen molar-refractivity contribution in [3.63, 3.8) is 0 Å². The van der Waals surface area contributed by atoms with Crippen LogP contribution >= 0.6 is 0 Å². The molecule has 11 rings (SSSR count). The molecule has 0 spiro atoms. The summed E-state index contributed by atoms with van der Waals surface area (Å²) in [7, 11) is 0. The third kappa shape index (κ3) is 9.09. The van der Waals surface area contributed by atoms with Crippen LogP contribution in [-0.2, 0) is 53.6 Å². The number of hydrogen-bond donors (Lipinski definition) is 0. The largest absolute Gasteiger partial charge is 0.501 e. The molecule has 1 radical (unpaired) electrons. The summed E-state index contributed by atoms with van der Waals surface area (Å²) >= 11 is 0. The molecule has 0 saturated carbocycles. The van der Waals surface area contributed by atoms with Gasteiger partial charge in [-0.25, -0.2) is 0 Å². The van der Waals surface area contributed by atoms with Crippen molar-refractivity contribution in [3.8, 4) is 33.6 Å². The zero-order valence-corrected chi connectivity index (χ0v) is 46.2. The van der Waals surface area contributed by atoms with Gasteiger partial charge in [0.1, 0.15) is 5.58 Å². The van der Waals surface area contributed by atoms with Crippen molar-refractivity contribution in [2.45, 2.75) is 150 Å². The summed E-state index contributed by atoms with van der Waals surface area (Å²) in [6.07, 6.45) is 3.43. The fraction of sp³-hybridized carbons (Fsp3) is 0.364. The van der Waals surface area contributed by atoms with Gasteiger partial charge in [-0.15, -0.1) is 48.0 Å². The minimum Gasteiger partial charge on any atom is -0.501 e. The molecule has 2 aliphatic carbocycles. The molecule has 71 heavy (non-hydrogen) atoms. The number of benzene rings is 6. The van der Waals surface area contributed by atoms with Crippen LogP contribution in [0.15, 0.2) is 114 Å². The van der Waals surface area contributed by atoms with Crippen LogP contribution in [0.1, 0.15) is 156 Å². The maximum Gasteiger partial charge on any atom is 0.121 e. The number of pyridine rings is 2. The van der Waals surface area contributed by atoms with E-state index in [-0.39, 0.29) is 64.1 Å². The Morgan fingerprint density at radius 3 is 1.92 bits per heavy atom. The Morgan fingerprint density at radius 2 is 1.31 bits per heavy atom. The van der Waals surface area contributed by atoms with E-state index in [2.05, 4.69) is 153 Å². The predicted octanol–water partition coefficient (Wildman–Crippen LogP) is 18.2. The first-order valence-electron chi connectivity index (χ1n) is 27.3. The number of hydrogen-bond acceptors (Lipinski definition) is 3. The third-order valence-electron chi connectivity index (χ3n) is 14.9. The maximum absolute atomic E-state index is 12.8. The van der Waals surface area contributed by atoms with Gasteiger partial charge in [0.25, 0.3) is 0 Å². The van der Waals surface area contributed by atoms with E-state index in [1.54, 1.807) is 32.9 Å². The zero-order chi connectivity index (χ0) is 54.4. The van der Waals surface area contributed by atoms with Gasteiger partial charge in [-0.3, -0.25) is 4.39 Å². The predicted molar refractivity (Wildman–Crippen MR) is 293 cm³/mol. The Balaban J connectivity index is 0.000000334. The van der Waals surface area contributed by atoms with Gasteiger partial charge >= 0.3 is 0 Å². The quantitative estimate of drug-likeness (QED) is 0.130. The second-order valence-electron chi connectivity index (χ2n) is 24.8. The number of furan rings is 1. The van der Waals surface area contributed by atoms with E-state index in [0.717, 1.165) is 51.2 Å². The van der Waals surface area contributed by atoms with Crippen LogP contribution in [0.2, 0.25) is 0 Å². The van der Waals surface area contributed by atoms with Crippen LogP contribution in [0, 0.1) is 30.2 Å². The first-order chi connectivity index (χ1) is 34.7. The standard InChI is InChI=1S/C51H54NO.C15H15FN.Ir/c1-29-26-52-41(22-33(29)25-47(2,3)4)35-15-13-14-34-38-20-31-18-16-30-17-19-32(21-36(30)37(31)23-42(38)53-46(34)35)43-44-39(48(5,6)27-50(44,9)10)24-40-45(43)51(11,12)28-49(40,7)8;1-15(2,3)12-6-9-14(17-10-12)11-4-7-13(16)8-5-11;/h13-14,16-24,26H,25,27-28H2,1-12H3;4,6-10H,1-3H3;/q2*-1;/i1D3,25D2;;. The van der Waals surface area contributed by atoms with Gasteiger partial charge in [0.15, 0.2) is 0 Å². The molecule has 3 heterocycles. The Morgan fingerprint density at radius 1 is 0.662 bits per heavy atom. The number of aromatic nitrogens is 2. The van der Waals surface area contributed by atoms with E-state index in [1.165, 1.54) is 68.0 Å². The molecule has 367 valence electrons. The molecule has 0 bridgehead atoms. The normalized spacial score (nSPS) is 17.9. The molecule has 0 atom stereocenters. The van der Waals surface area contributed by atoms with Crippen molar-refractivity contribution in [2.75, 3.05) is 0 Å². The van der Waals surface area contributed by atoms with E-state index in [9.17, 15) is 4.39 Å². The Labute approximate surface area is 442 Å². The number of halogens is 1. The molecule has 0 N–H and O–H groups in total. The molecule has 0 fully saturated rings. The molecule has 6 aromatic carbocycles. The van der Waals surface area contributed by atoms with Crippen molar-refractivity contribution in [3.05, 3.63) is 166 Å². The Bertz CT molecular complexity index is 3710. The second kappa shape index (κ2) is 17.3. The summed E-state index contributed by atoms with van der Waals surface area (Å²) in [4.78, 5) is 8.99. The van der Waals surface area contributed by atoms with E-state index >= 15 is 0 Å². The van der Waals surface area contributed by atoms with Crippen molar-refractivity contribution < 1.29 is 35.8 Å². The molecule has 3 aromatic heterocycles. The van der Waals surface area contributed by atoms with Crippen LogP contribution in [-0.4, -0.2) is 9.97 Å². The van der Waals surface area contributed by atoms with Gasteiger partial charge in [0.05, 0.1) is 5.58 Å². The average Bonchev–Trinajstić information content (AvgIpc) is 3.89.